The van der Waals surface area contributed by atoms with Crippen LogP contribution in [0.15, 0.2) is 16.6 Å². The van der Waals surface area contributed by atoms with Crippen LogP contribution in [0.2, 0.25) is 5.02 Å². The van der Waals surface area contributed by atoms with E-state index in [1.165, 1.54) is 6.92 Å². The highest BCUT2D eigenvalue weighted by Gasteiger charge is 2.10. The molecule has 1 aromatic carbocycles. The maximum atomic E-state index is 11.2. The third kappa shape index (κ3) is 2.49. The summed E-state index contributed by atoms with van der Waals surface area (Å²) in [5.41, 5.74) is 0.485. The van der Waals surface area contributed by atoms with Gasteiger partial charge in [-0.3, -0.25) is 4.79 Å². The van der Waals surface area contributed by atoms with Gasteiger partial charge in [0.05, 0.1) is 16.1 Å². The van der Waals surface area contributed by atoms with Gasteiger partial charge in [-0.05, 0) is 41.9 Å². The molecule has 0 bridgehead atoms. The van der Waals surface area contributed by atoms with E-state index < -0.39 is 0 Å². The zero-order valence-electron chi connectivity index (χ0n) is 7.93. The predicted octanol–water partition coefficient (Wildman–Crippen LogP) is 3.70. The van der Waals surface area contributed by atoms with Gasteiger partial charge in [0.25, 0.3) is 0 Å². The number of Topliss-reactive ketones (excluding diaryl/α,β-unsaturated/α-hetero) is 1. The zero-order valence-corrected chi connectivity index (χ0v) is 10.3. The highest BCUT2D eigenvalue weighted by atomic mass is 79.9. The molecule has 0 saturated heterocycles. The number of hydrogen-bond acceptors (Lipinski definition) is 2. The molecule has 0 aliphatic carbocycles. The average Bonchev–Trinajstić information content (AvgIpc) is 2.09. The minimum absolute atomic E-state index is 0.0662. The summed E-state index contributed by atoms with van der Waals surface area (Å²) in [5.74, 6) is 0.575. The van der Waals surface area contributed by atoms with E-state index in [-0.39, 0.29) is 5.78 Å². The second-order valence-corrected chi connectivity index (χ2v) is 4.01. The highest BCUT2D eigenvalue weighted by molar-refractivity contribution is 9.10. The molecule has 0 amide bonds. The molecule has 0 saturated carbocycles. The van der Waals surface area contributed by atoms with Crippen LogP contribution in [0.5, 0.6) is 5.75 Å². The maximum Gasteiger partial charge on any atom is 0.161 e. The van der Waals surface area contributed by atoms with Crippen LogP contribution in [0.4, 0.5) is 0 Å². The normalized spacial score (nSPS) is 10.0. The number of carbonyl (C=O) groups is 1. The first kappa shape index (κ1) is 11.5. The Bertz CT molecular complexity index is 363. The number of benzene rings is 1. The zero-order chi connectivity index (χ0) is 10.7. The Morgan fingerprint density at radius 3 is 2.71 bits per heavy atom. The molecule has 0 spiro atoms. The molecule has 0 atom stereocenters. The summed E-state index contributed by atoms with van der Waals surface area (Å²) in [6.45, 7) is 3.91. The number of halogens is 2. The molecule has 14 heavy (non-hydrogen) atoms. The fraction of sp³-hybridized carbons (Fsp3) is 0.300. The van der Waals surface area contributed by atoms with Gasteiger partial charge in [0.15, 0.2) is 5.78 Å². The molecule has 1 aromatic rings. The van der Waals surface area contributed by atoms with Crippen molar-refractivity contribution in [1.29, 1.82) is 0 Å². The summed E-state index contributed by atoms with van der Waals surface area (Å²) in [5, 5.41) is 0.438. The van der Waals surface area contributed by atoms with Gasteiger partial charge in [-0.1, -0.05) is 11.6 Å². The van der Waals surface area contributed by atoms with Crippen LogP contribution < -0.4 is 4.74 Å². The van der Waals surface area contributed by atoms with E-state index in [0.717, 1.165) is 4.47 Å². The van der Waals surface area contributed by atoms with Crippen LogP contribution >= 0.6 is 27.5 Å². The number of ketones is 1. The lowest BCUT2D eigenvalue weighted by molar-refractivity contribution is 0.101. The first-order chi connectivity index (χ1) is 6.56. The molecule has 1 rings (SSSR count). The smallest absolute Gasteiger partial charge is 0.161 e. The topological polar surface area (TPSA) is 26.3 Å². The first-order valence-electron chi connectivity index (χ1n) is 4.19. The molecule has 0 fully saturated rings. The Kier molecular flexibility index (Phi) is 3.96. The standard InChI is InChI=1S/C10H10BrClO2/c1-3-14-10-4-7(6(2)13)9(12)5-8(10)11/h4-5H,3H2,1-2H3. The summed E-state index contributed by atoms with van der Waals surface area (Å²) < 4.78 is 6.08. The van der Waals surface area contributed by atoms with Crippen LogP contribution in [0.3, 0.4) is 0 Å². The molecule has 76 valence electrons. The van der Waals surface area contributed by atoms with Gasteiger partial charge < -0.3 is 4.74 Å². The number of hydrogen-bond donors (Lipinski definition) is 0. The quantitative estimate of drug-likeness (QED) is 0.787. The van der Waals surface area contributed by atoms with Gasteiger partial charge in [-0.25, -0.2) is 0 Å². The SMILES string of the molecule is CCOc1cc(C(C)=O)c(Cl)cc1Br. The van der Waals surface area contributed by atoms with Crippen molar-refractivity contribution >= 4 is 33.3 Å². The van der Waals surface area contributed by atoms with Gasteiger partial charge in [-0.15, -0.1) is 0 Å². The van der Waals surface area contributed by atoms with E-state index in [4.69, 9.17) is 16.3 Å². The lowest BCUT2D eigenvalue weighted by atomic mass is 10.1. The van der Waals surface area contributed by atoms with Crippen molar-refractivity contribution in [2.75, 3.05) is 6.61 Å². The van der Waals surface area contributed by atoms with Crippen LogP contribution in [0.1, 0.15) is 24.2 Å². The van der Waals surface area contributed by atoms with Gasteiger partial charge in [0.2, 0.25) is 0 Å². The van der Waals surface area contributed by atoms with Crippen molar-refractivity contribution in [1.82, 2.24) is 0 Å². The van der Waals surface area contributed by atoms with Crippen LogP contribution in [-0.4, -0.2) is 12.4 Å². The lowest BCUT2D eigenvalue weighted by Crippen LogP contribution is -1.98. The maximum absolute atomic E-state index is 11.2. The van der Waals surface area contributed by atoms with Gasteiger partial charge in [0.1, 0.15) is 5.75 Å². The second kappa shape index (κ2) is 4.80. The molecular formula is C10H10BrClO2. The Hall–Kier alpha value is -0.540. The fourth-order valence-corrected chi connectivity index (χ4v) is 1.95. The molecule has 0 aliphatic heterocycles. The van der Waals surface area contributed by atoms with E-state index in [1.807, 2.05) is 6.92 Å². The lowest BCUT2D eigenvalue weighted by Gasteiger charge is -2.08. The molecule has 0 aromatic heterocycles. The fourth-order valence-electron chi connectivity index (χ4n) is 1.07. The number of ether oxygens (including phenoxy) is 1. The van der Waals surface area contributed by atoms with E-state index in [2.05, 4.69) is 15.9 Å². The summed E-state index contributed by atoms with van der Waals surface area (Å²) >= 11 is 9.20. The number of carbonyl (C=O) groups excluding carboxylic acids is 1. The third-order valence-electron chi connectivity index (χ3n) is 1.70. The molecule has 0 N–H and O–H groups in total. The van der Waals surface area contributed by atoms with Gasteiger partial charge in [0, 0.05) is 5.56 Å². The molecule has 0 heterocycles. The summed E-state index contributed by atoms with van der Waals surface area (Å²) in [4.78, 5) is 11.2. The number of rotatable bonds is 3. The van der Waals surface area contributed by atoms with Crippen molar-refractivity contribution in [3.8, 4) is 5.75 Å². The van der Waals surface area contributed by atoms with Crippen LogP contribution in [0.25, 0.3) is 0 Å². The van der Waals surface area contributed by atoms with Gasteiger partial charge in [-0.2, -0.15) is 0 Å². The highest BCUT2D eigenvalue weighted by Crippen LogP contribution is 2.31. The Labute approximate surface area is 96.3 Å². The van der Waals surface area contributed by atoms with E-state index in [1.54, 1.807) is 12.1 Å². The average molecular weight is 278 g/mol. The minimum atomic E-state index is -0.0662. The van der Waals surface area contributed by atoms with E-state index in [9.17, 15) is 4.79 Å². The molecule has 0 radical (unpaired) electrons. The molecule has 0 unspecified atom stereocenters. The third-order valence-corrected chi connectivity index (χ3v) is 2.63. The van der Waals surface area contributed by atoms with E-state index in [0.29, 0.717) is 22.9 Å². The van der Waals surface area contributed by atoms with Crippen molar-refractivity contribution in [2.45, 2.75) is 13.8 Å². The van der Waals surface area contributed by atoms with E-state index >= 15 is 0 Å². The van der Waals surface area contributed by atoms with Crippen LogP contribution in [-0.2, 0) is 0 Å². The predicted molar refractivity (Wildman–Crippen MR) is 60.3 cm³/mol. The Balaban J connectivity index is 3.20. The van der Waals surface area contributed by atoms with Crippen molar-refractivity contribution in [3.63, 3.8) is 0 Å². The van der Waals surface area contributed by atoms with Crippen molar-refractivity contribution < 1.29 is 9.53 Å². The monoisotopic (exact) mass is 276 g/mol. The van der Waals surface area contributed by atoms with Crippen molar-refractivity contribution in [3.05, 3.63) is 27.2 Å². The molecule has 4 heteroatoms. The molecule has 2 nitrogen and oxygen atoms in total. The molecule has 0 aliphatic rings. The Morgan fingerprint density at radius 1 is 1.57 bits per heavy atom. The van der Waals surface area contributed by atoms with Gasteiger partial charge >= 0.3 is 0 Å². The van der Waals surface area contributed by atoms with Crippen LogP contribution in [0, 0.1) is 0 Å². The first-order valence-corrected chi connectivity index (χ1v) is 5.36. The second-order valence-electron chi connectivity index (χ2n) is 2.75. The minimum Gasteiger partial charge on any atom is -0.493 e. The summed E-state index contributed by atoms with van der Waals surface area (Å²) in [6.07, 6.45) is 0. The molecular weight excluding hydrogens is 267 g/mol. The van der Waals surface area contributed by atoms with Crippen molar-refractivity contribution in [2.24, 2.45) is 0 Å². The Morgan fingerprint density at radius 2 is 2.21 bits per heavy atom. The largest absolute Gasteiger partial charge is 0.493 e. The summed E-state index contributed by atoms with van der Waals surface area (Å²) in [6, 6.07) is 3.32. The summed E-state index contributed by atoms with van der Waals surface area (Å²) in [7, 11) is 0.